The Hall–Kier alpha value is -2.17. The van der Waals surface area contributed by atoms with Gasteiger partial charge in [-0.25, -0.2) is 4.79 Å². The van der Waals surface area contributed by atoms with Crippen molar-refractivity contribution in [2.24, 2.45) is 17.8 Å². The van der Waals surface area contributed by atoms with Crippen molar-refractivity contribution in [1.29, 1.82) is 0 Å². The van der Waals surface area contributed by atoms with E-state index < -0.39 is 17.7 Å². The van der Waals surface area contributed by atoms with Gasteiger partial charge in [-0.05, 0) is 39.5 Å². The van der Waals surface area contributed by atoms with E-state index in [2.05, 4.69) is 5.32 Å². The van der Waals surface area contributed by atoms with Crippen molar-refractivity contribution in [2.75, 3.05) is 0 Å². The summed E-state index contributed by atoms with van der Waals surface area (Å²) in [6, 6.07) is 8.46. The predicted molar refractivity (Wildman–Crippen MR) is 105 cm³/mol. The highest BCUT2D eigenvalue weighted by atomic mass is 16.6. The normalized spacial score (nSPS) is 21.0. The Morgan fingerprint density at radius 1 is 1.04 bits per heavy atom. The molecule has 2 rings (SSSR count). The molecule has 1 saturated carbocycles. The molecule has 1 aliphatic rings. The lowest BCUT2D eigenvalue weighted by Crippen LogP contribution is -2.49. The minimum Gasteiger partial charge on any atom is -0.444 e. The molecule has 148 valence electrons. The maximum absolute atomic E-state index is 13.2. The number of carbonyl (C=O) groups excluding carboxylic acids is 3. The Balaban J connectivity index is 2.14. The summed E-state index contributed by atoms with van der Waals surface area (Å²) in [6.07, 6.45) is 1.64. The minimum absolute atomic E-state index is 0.0197. The fourth-order valence-corrected chi connectivity index (χ4v) is 3.66. The molecule has 1 unspecified atom stereocenters. The average molecular weight is 373 g/mol. The zero-order valence-electron chi connectivity index (χ0n) is 17.0. The van der Waals surface area contributed by atoms with E-state index >= 15 is 0 Å². The van der Waals surface area contributed by atoms with Gasteiger partial charge >= 0.3 is 6.09 Å². The van der Waals surface area contributed by atoms with Crippen molar-refractivity contribution in [1.82, 2.24) is 5.32 Å². The third-order valence-electron chi connectivity index (χ3n) is 4.92. The topological polar surface area (TPSA) is 72.5 Å². The van der Waals surface area contributed by atoms with E-state index in [0.29, 0.717) is 18.4 Å². The molecule has 0 bridgehead atoms. The summed E-state index contributed by atoms with van der Waals surface area (Å²) < 4.78 is 5.31. The van der Waals surface area contributed by atoms with Gasteiger partial charge in [-0.2, -0.15) is 0 Å². The Morgan fingerprint density at radius 2 is 1.63 bits per heavy atom. The summed E-state index contributed by atoms with van der Waals surface area (Å²) in [5.41, 5.74) is 0.0109. The van der Waals surface area contributed by atoms with Gasteiger partial charge in [0.1, 0.15) is 5.60 Å². The van der Waals surface area contributed by atoms with Crippen LogP contribution in [0.5, 0.6) is 0 Å². The molecule has 5 nitrogen and oxygen atoms in total. The van der Waals surface area contributed by atoms with Crippen LogP contribution in [0.3, 0.4) is 0 Å². The Morgan fingerprint density at radius 3 is 2.19 bits per heavy atom. The van der Waals surface area contributed by atoms with Crippen molar-refractivity contribution in [3.63, 3.8) is 0 Å². The maximum Gasteiger partial charge on any atom is 0.408 e. The monoisotopic (exact) mass is 373 g/mol. The molecule has 27 heavy (non-hydrogen) atoms. The standard InChI is InChI=1S/C22H31NO4/c1-14(2)18(23-21(26)27-22(3,4)5)20(25)17-13-9-12-16(17)19(24)15-10-7-6-8-11-15/h6-8,10-11,14,16-18H,9,12-13H2,1-5H3,(H,23,26)/t16-,17?,18+/m1/s1. The highest BCUT2D eigenvalue weighted by Gasteiger charge is 2.41. The second kappa shape index (κ2) is 8.68. The smallest absolute Gasteiger partial charge is 0.408 e. The molecular weight excluding hydrogens is 342 g/mol. The fourth-order valence-electron chi connectivity index (χ4n) is 3.66. The number of nitrogens with one attached hydrogen (secondary N) is 1. The van der Waals surface area contributed by atoms with Gasteiger partial charge in [0.25, 0.3) is 0 Å². The summed E-state index contributed by atoms with van der Waals surface area (Å²) >= 11 is 0. The first-order chi connectivity index (χ1) is 12.6. The lowest BCUT2D eigenvalue weighted by molar-refractivity contribution is -0.126. The van der Waals surface area contributed by atoms with Crippen molar-refractivity contribution in [2.45, 2.75) is 65.5 Å². The molecule has 1 amide bonds. The second-order valence-electron chi connectivity index (χ2n) is 8.64. The molecule has 0 aromatic heterocycles. The summed E-state index contributed by atoms with van der Waals surface area (Å²) in [7, 11) is 0. The van der Waals surface area contributed by atoms with Crippen LogP contribution >= 0.6 is 0 Å². The van der Waals surface area contributed by atoms with Crippen LogP contribution in [0.4, 0.5) is 4.79 Å². The largest absolute Gasteiger partial charge is 0.444 e. The molecule has 1 aromatic rings. The summed E-state index contributed by atoms with van der Waals surface area (Å²) in [5.74, 6) is -0.811. The second-order valence-corrected chi connectivity index (χ2v) is 8.64. The number of hydrogen-bond acceptors (Lipinski definition) is 4. The molecule has 0 radical (unpaired) electrons. The predicted octanol–water partition coefficient (Wildman–Crippen LogP) is 4.40. The van der Waals surface area contributed by atoms with Crippen molar-refractivity contribution < 1.29 is 19.1 Å². The van der Waals surface area contributed by atoms with E-state index in [0.717, 1.165) is 6.42 Å². The van der Waals surface area contributed by atoms with Crippen LogP contribution in [0.1, 0.15) is 64.2 Å². The molecule has 1 aliphatic carbocycles. The van der Waals surface area contributed by atoms with E-state index in [1.165, 1.54) is 0 Å². The SMILES string of the molecule is CC(C)[C@H](NC(=O)OC(C)(C)C)C(=O)C1CCC[C@H]1C(=O)c1ccccc1. The van der Waals surface area contributed by atoms with Gasteiger partial charge in [0, 0.05) is 17.4 Å². The van der Waals surface area contributed by atoms with Crippen LogP contribution in [0.25, 0.3) is 0 Å². The number of ether oxygens (including phenoxy) is 1. The molecule has 3 atom stereocenters. The minimum atomic E-state index is -0.658. The summed E-state index contributed by atoms with van der Waals surface area (Å²) in [5, 5.41) is 2.73. The summed E-state index contributed by atoms with van der Waals surface area (Å²) in [4.78, 5) is 38.3. The first-order valence-electron chi connectivity index (χ1n) is 9.72. The van der Waals surface area contributed by atoms with Gasteiger partial charge in [-0.1, -0.05) is 50.6 Å². The number of Topliss-reactive ketones (excluding diaryl/α,β-unsaturated/α-hetero) is 2. The Labute approximate surface area is 161 Å². The molecule has 1 N–H and O–H groups in total. The van der Waals surface area contributed by atoms with Gasteiger partial charge in [-0.3, -0.25) is 9.59 Å². The van der Waals surface area contributed by atoms with Crippen LogP contribution in [0.2, 0.25) is 0 Å². The number of amides is 1. The van der Waals surface area contributed by atoms with Gasteiger partial charge in [0.05, 0.1) is 6.04 Å². The highest BCUT2D eigenvalue weighted by Crippen LogP contribution is 2.36. The first-order valence-corrected chi connectivity index (χ1v) is 9.72. The molecule has 5 heteroatoms. The van der Waals surface area contributed by atoms with E-state index in [4.69, 9.17) is 4.74 Å². The molecule has 0 heterocycles. The fraction of sp³-hybridized carbons (Fsp3) is 0.591. The zero-order valence-corrected chi connectivity index (χ0v) is 17.0. The average Bonchev–Trinajstić information content (AvgIpc) is 3.07. The quantitative estimate of drug-likeness (QED) is 0.750. The number of hydrogen-bond donors (Lipinski definition) is 1. The van der Waals surface area contributed by atoms with Crippen LogP contribution < -0.4 is 5.32 Å². The molecular formula is C22H31NO4. The molecule has 0 saturated heterocycles. The maximum atomic E-state index is 13.2. The summed E-state index contributed by atoms with van der Waals surface area (Å²) in [6.45, 7) is 9.13. The van der Waals surface area contributed by atoms with Gasteiger partial charge in [0.15, 0.2) is 11.6 Å². The number of rotatable bonds is 6. The van der Waals surface area contributed by atoms with Gasteiger partial charge in [-0.15, -0.1) is 0 Å². The zero-order chi connectivity index (χ0) is 20.2. The van der Waals surface area contributed by atoms with Crippen LogP contribution in [0, 0.1) is 17.8 Å². The third kappa shape index (κ3) is 5.65. The molecule has 0 spiro atoms. The molecule has 0 aliphatic heterocycles. The van der Waals surface area contributed by atoms with E-state index in [9.17, 15) is 14.4 Å². The first kappa shape index (κ1) is 21.1. The number of carbonyl (C=O) groups is 3. The van der Waals surface area contributed by atoms with Crippen LogP contribution in [-0.2, 0) is 9.53 Å². The van der Waals surface area contributed by atoms with Crippen molar-refractivity contribution >= 4 is 17.7 Å². The third-order valence-corrected chi connectivity index (χ3v) is 4.92. The molecule has 1 aromatic carbocycles. The van der Waals surface area contributed by atoms with Crippen molar-refractivity contribution in [3.8, 4) is 0 Å². The Bertz CT molecular complexity index is 675. The Kier molecular flexibility index (Phi) is 6.79. The van der Waals surface area contributed by atoms with Crippen LogP contribution in [0.15, 0.2) is 30.3 Å². The number of benzene rings is 1. The van der Waals surface area contributed by atoms with E-state index in [-0.39, 0.29) is 29.3 Å². The number of alkyl carbamates (subject to hydrolysis) is 1. The lowest BCUT2D eigenvalue weighted by Gasteiger charge is -2.28. The lowest BCUT2D eigenvalue weighted by atomic mass is 9.81. The molecule has 1 fully saturated rings. The van der Waals surface area contributed by atoms with Crippen molar-refractivity contribution in [3.05, 3.63) is 35.9 Å². The van der Waals surface area contributed by atoms with Crippen LogP contribution in [-0.4, -0.2) is 29.3 Å². The van der Waals surface area contributed by atoms with E-state index in [1.54, 1.807) is 32.9 Å². The number of ketones is 2. The van der Waals surface area contributed by atoms with Gasteiger partial charge in [0.2, 0.25) is 0 Å². The van der Waals surface area contributed by atoms with Gasteiger partial charge < -0.3 is 10.1 Å². The highest BCUT2D eigenvalue weighted by molar-refractivity contribution is 6.02. The van der Waals surface area contributed by atoms with E-state index in [1.807, 2.05) is 32.0 Å².